The molecule has 14 rings (SSSR count). The van der Waals surface area contributed by atoms with Gasteiger partial charge in [-0.1, -0.05) is 176 Å². The third kappa shape index (κ3) is 6.42. The highest BCUT2D eigenvalue weighted by Gasteiger charge is 2.37. The van der Waals surface area contributed by atoms with Gasteiger partial charge in [0.25, 0.3) is 0 Å². The van der Waals surface area contributed by atoms with Crippen LogP contribution < -0.4 is 4.90 Å². The van der Waals surface area contributed by atoms with Gasteiger partial charge in [0.05, 0.1) is 22.1 Å². The molecule has 0 fully saturated rings. The van der Waals surface area contributed by atoms with E-state index in [9.17, 15) is 0 Å². The lowest BCUT2D eigenvalue weighted by Gasteiger charge is -2.29. The number of anilines is 3. The van der Waals surface area contributed by atoms with E-state index in [1.54, 1.807) is 0 Å². The quantitative estimate of drug-likeness (QED) is 0.166. The maximum Gasteiger partial charge on any atom is 0.137 e. The van der Waals surface area contributed by atoms with Gasteiger partial charge in [0, 0.05) is 44.1 Å². The molecule has 0 amide bonds. The number of furan rings is 1. The first kappa shape index (κ1) is 43.9. The third-order valence-electron chi connectivity index (χ3n) is 15.6. The summed E-state index contributed by atoms with van der Waals surface area (Å²) in [6.45, 7) is 9.43. The van der Waals surface area contributed by atoms with Crippen LogP contribution in [0, 0.1) is 0 Å². The molecule has 71 heavy (non-hydrogen) atoms. The Balaban J connectivity index is 0.00000259. The molecule has 0 saturated carbocycles. The SMILES string of the molecule is C.C.CC1(C)c2ccccc2-c2ccc(-c3ccc(N(c4ccc5c(c4)C(C)(C)c4ccccc4-5)c4cccc5oc6ccc(-c7ccc8c(c7)c7ccccc7n8-c7ccccc7)cc6c45)cc3)cc21. The fourth-order valence-corrected chi connectivity index (χ4v) is 12.1. The van der Waals surface area contributed by atoms with E-state index in [1.165, 1.54) is 83.0 Å². The summed E-state index contributed by atoms with van der Waals surface area (Å²) in [6, 6.07) is 80.5. The maximum atomic E-state index is 6.76. The molecule has 0 atom stereocenters. The van der Waals surface area contributed by atoms with Crippen LogP contribution >= 0.6 is 0 Å². The van der Waals surface area contributed by atoms with Gasteiger partial charge in [0.15, 0.2) is 0 Å². The van der Waals surface area contributed by atoms with Gasteiger partial charge in [-0.3, -0.25) is 0 Å². The number of hydrogen-bond donors (Lipinski definition) is 0. The number of nitrogens with zero attached hydrogens (tertiary/aromatic N) is 2. The second-order valence-corrected chi connectivity index (χ2v) is 20.1. The summed E-state index contributed by atoms with van der Waals surface area (Å²) in [5, 5.41) is 4.64. The van der Waals surface area contributed by atoms with Crippen LogP contribution in [0.3, 0.4) is 0 Å². The Morgan fingerprint density at radius 2 is 0.901 bits per heavy atom. The average Bonchev–Trinajstić information content (AvgIpc) is 4.07. The summed E-state index contributed by atoms with van der Waals surface area (Å²) in [6.07, 6.45) is 0. The Morgan fingerprint density at radius 1 is 0.366 bits per heavy atom. The van der Waals surface area contributed by atoms with Crippen molar-refractivity contribution < 1.29 is 4.42 Å². The Bertz CT molecular complexity index is 4070. The largest absolute Gasteiger partial charge is 0.456 e. The summed E-state index contributed by atoms with van der Waals surface area (Å²) < 4.78 is 9.13. The van der Waals surface area contributed by atoms with E-state index in [0.717, 1.165) is 50.3 Å². The van der Waals surface area contributed by atoms with Crippen LogP contribution in [0.2, 0.25) is 0 Å². The van der Waals surface area contributed by atoms with Crippen molar-refractivity contribution in [3.8, 4) is 50.2 Å². The van der Waals surface area contributed by atoms with E-state index in [4.69, 9.17) is 4.42 Å². The van der Waals surface area contributed by atoms with Crippen molar-refractivity contribution in [1.82, 2.24) is 4.57 Å². The lowest BCUT2D eigenvalue weighted by molar-refractivity contribution is 0.660. The first-order valence-corrected chi connectivity index (χ1v) is 24.2. The number of hydrogen-bond acceptors (Lipinski definition) is 2. The Kier molecular flexibility index (Phi) is 9.93. The van der Waals surface area contributed by atoms with E-state index >= 15 is 0 Å². The molecule has 0 spiro atoms. The summed E-state index contributed by atoms with van der Waals surface area (Å²) in [5.74, 6) is 0. The van der Waals surface area contributed by atoms with Crippen LogP contribution in [0.15, 0.2) is 223 Å². The Labute approximate surface area is 416 Å². The molecule has 3 nitrogen and oxygen atoms in total. The number of fused-ring (bicyclic) bond motifs is 12. The van der Waals surface area contributed by atoms with Crippen LogP contribution in [-0.4, -0.2) is 4.57 Å². The molecular weight excluding hydrogens is 861 g/mol. The van der Waals surface area contributed by atoms with Gasteiger partial charge in [-0.15, -0.1) is 0 Å². The minimum absolute atomic E-state index is 0. The lowest BCUT2D eigenvalue weighted by Crippen LogP contribution is -2.16. The van der Waals surface area contributed by atoms with Gasteiger partial charge in [-0.05, 0) is 152 Å². The summed E-state index contributed by atoms with van der Waals surface area (Å²) >= 11 is 0. The average molecular weight is 917 g/mol. The first-order valence-electron chi connectivity index (χ1n) is 24.2. The highest BCUT2D eigenvalue weighted by Crippen LogP contribution is 2.53. The monoisotopic (exact) mass is 916 g/mol. The number of aromatic nitrogens is 1. The molecule has 3 heteroatoms. The fraction of sp³-hybridized carbons (Fsp3) is 0.118. The molecule has 12 aromatic rings. The van der Waals surface area contributed by atoms with Gasteiger partial charge in [0.2, 0.25) is 0 Å². The first-order chi connectivity index (χ1) is 33.7. The molecular formula is C68H56N2O. The van der Waals surface area contributed by atoms with E-state index in [-0.39, 0.29) is 25.7 Å². The molecule has 344 valence electrons. The standard InChI is InChI=1S/C66H48N2O.2CH4/c1-65(2)55-20-11-8-17-48(55)50-33-27-44(39-57(50)65)41-25-30-46(31-26-41)67(47-32-34-51-49-18-9-12-21-56(49)66(3,4)58(51)40-47)61-23-14-24-63-64(61)54-38-43(29-36-62(54)69-63)42-28-35-60-53(37-42)52-19-10-13-22-59(52)68(60)45-15-6-5-7-16-45;;/h5-40H,1-4H3;2*1H4. The second kappa shape index (κ2) is 16.1. The van der Waals surface area contributed by atoms with Crippen LogP contribution in [0.25, 0.3) is 93.9 Å². The highest BCUT2D eigenvalue weighted by atomic mass is 16.3. The molecule has 10 aromatic carbocycles. The lowest BCUT2D eigenvalue weighted by atomic mass is 9.81. The molecule has 0 saturated heterocycles. The molecule has 0 radical (unpaired) electrons. The summed E-state index contributed by atoms with van der Waals surface area (Å²) in [7, 11) is 0. The number of rotatable bonds is 6. The summed E-state index contributed by atoms with van der Waals surface area (Å²) in [5.41, 5.74) is 23.8. The Hall–Kier alpha value is -8.40. The van der Waals surface area contributed by atoms with Gasteiger partial charge in [-0.25, -0.2) is 0 Å². The van der Waals surface area contributed by atoms with Crippen LogP contribution in [0.5, 0.6) is 0 Å². The molecule has 0 unspecified atom stereocenters. The van der Waals surface area contributed by atoms with E-state index in [1.807, 2.05) is 0 Å². The smallest absolute Gasteiger partial charge is 0.137 e. The molecule has 0 N–H and O–H groups in total. The topological polar surface area (TPSA) is 21.3 Å². The van der Waals surface area contributed by atoms with Gasteiger partial charge >= 0.3 is 0 Å². The maximum absolute atomic E-state index is 6.76. The molecule has 2 aromatic heterocycles. The molecule has 0 aliphatic heterocycles. The van der Waals surface area contributed by atoms with E-state index in [2.05, 4.69) is 256 Å². The molecule has 0 bridgehead atoms. The third-order valence-corrected chi connectivity index (χ3v) is 15.6. The van der Waals surface area contributed by atoms with Crippen molar-refractivity contribution in [3.63, 3.8) is 0 Å². The van der Waals surface area contributed by atoms with Gasteiger partial charge in [0.1, 0.15) is 11.2 Å². The van der Waals surface area contributed by atoms with E-state index < -0.39 is 0 Å². The van der Waals surface area contributed by atoms with E-state index in [0.29, 0.717) is 0 Å². The van der Waals surface area contributed by atoms with Crippen molar-refractivity contribution in [2.24, 2.45) is 0 Å². The van der Waals surface area contributed by atoms with Gasteiger partial charge < -0.3 is 13.9 Å². The second-order valence-electron chi connectivity index (χ2n) is 20.1. The predicted molar refractivity (Wildman–Crippen MR) is 302 cm³/mol. The fourth-order valence-electron chi connectivity index (χ4n) is 12.1. The minimum atomic E-state index is -0.157. The zero-order valence-corrected chi connectivity index (χ0v) is 39.1. The minimum Gasteiger partial charge on any atom is -0.456 e. The van der Waals surface area contributed by atoms with Crippen molar-refractivity contribution in [1.29, 1.82) is 0 Å². The Morgan fingerprint density at radius 3 is 1.63 bits per heavy atom. The molecule has 2 aliphatic carbocycles. The number of para-hydroxylation sites is 2. The zero-order valence-electron chi connectivity index (χ0n) is 39.1. The van der Waals surface area contributed by atoms with Crippen LogP contribution in [0.4, 0.5) is 17.1 Å². The molecule has 2 aliphatic rings. The van der Waals surface area contributed by atoms with Crippen molar-refractivity contribution in [3.05, 3.63) is 241 Å². The highest BCUT2D eigenvalue weighted by molar-refractivity contribution is 6.15. The predicted octanol–water partition coefficient (Wildman–Crippen LogP) is 19.4. The summed E-state index contributed by atoms with van der Waals surface area (Å²) in [4.78, 5) is 2.44. The van der Waals surface area contributed by atoms with Crippen molar-refractivity contribution in [2.75, 3.05) is 4.90 Å². The van der Waals surface area contributed by atoms with Crippen molar-refractivity contribution in [2.45, 2.75) is 53.4 Å². The van der Waals surface area contributed by atoms with Gasteiger partial charge in [-0.2, -0.15) is 0 Å². The van der Waals surface area contributed by atoms with Crippen molar-refractivity contribution >= 4 is 60.8 Å². The molecule has 2 heterocycles. The normalized spacial score (nSPS) is 13.6. The van der Waals surface area contributed by atoms with Crippen LogP contribution in [-0.2, 0) is 10.8 Å². The van der Waals surface area contributed by atoms with Crippen LogP contribution in [0.1, 0.15) is 64.8 Å². The number of benzene rings is 10. The zero-order chi connectivity index (χ0) is 46.2.